The van der Waals surface area contributed by atoms with Crippen molar-refractivity contribution in [1.82, 2.24) is 4.57 Å². The molecule has 0 bridgehead atoms. The van der Waals surface area contributed by atoms with Gasteiger partial charge in [-0.15, -0.1) is 0 Å². The van der Waals surface area contributed by atoms with E-state index in [-0.39, 0.29) is 47.1 Å². The predicted octanol–water partition coefficient (Wildman–Crippen LogP) is 3.76. The number of esters is 1. The van der Waals surface area contributed by atoms with Gasteiger partial charge in [-0.1, -0.05) is 47.2 Å². The Balaban J connectivity index is 1.93. The highest BCUT2D eigenvalue weighted by molar-refractivity contribution is 7.07. The van der Waals surface area contributed by atoms with E-state index in [0.29, 0.717) is 15.0 Å². The Hall–Kier alpha value is -4.25. The Bertz CT molecular complexity index is 1620. The number of ether oxygens (including phenoxy) is 3. The first-order valence-corrected chi connectivity index (χ1v) is 12.7. The van der Waals surface area contributed by atoms with Crippen LogP contribution in [-0.2, 0) is 16.1 Å². The molecule has 11 heteroatoms. The van der Waals surface area contributed by atoms with Crippen molar-refractivity contribution >= 4 is 34.3 Å². The van der Waals surface area contributed by atoms with Gasteiger partial charge in [0.15, 0.2) is 16.3 Å². The van der Waals surface area contributed by atoms with Gasteiger partial charge in [0.1, 0.15) is 12.6 Å². The normalized spacial score (nSPS) is 14.4. The van der Waals surface area contributed by atoms with E-state index < -0.39 is 16.9 Å². The van der Waals surface area contributed by atoms with Crippen molar-refractivity contribution in [2.24, 2.45) is 4.99 Å². The fraction of sp³-hybridized carbons (Fsp3) is 0.296. The average molecular weight is 538 g/mol. The number of hydrogen-bond donors (Lipinski definition) is 0. The number of thiazole rings is 1. The topological polar surface area (TPSA) is 122 Å². The summed E-state index contributed by atoms with van der Waals surface area (Å²) in [5.74, 6) is -0.295. The van der Waals surface area contributed by atoms with Crippen LogP contribution in [0.25, 0.3) is 11.3 Å². The molecule has 0 saturated carbocycles. The van der Waals surface area contributed by atoms with Gasteiger partial charge < -0.3 is 14.2 Å². The summed E-state index contributed by atoms with van der Waals surface area (Å²) in [4.78, 5) is 42.9. The van der Waals surface area contributed by atoms with Crippen LogP contribution in [0.1, 0.15) is 44.9 Å². The molecule has 2 heterocycles. The first kappa shape index (κ1) is 26.8. The maximum atomic E-state index is 13.1. The lowest BCUT2D eigenvalue weighted by molar-refractivity contribution is -0.385. The van der Waals surface area contributed by atoms with Crippen LogP contribution in [0.5, 0.6) is 11.5 Å². The molecule has 0 spiro atoms. The number of carbonyl (C=O) groups excluding carboxylic acids is 1. The minimum atomic E-state index is -1.10. The van der Waals surface area contributed by atoms with Crippen molar-refractivity contribution in [3.05, 3.63) is 89.0 Å². The zero-order valence-corrected chi connectivity index (χ0v) is 22.5. The fourth-order valence-electron chi connectivity index (χ4n) is 4.20. The largest absolute Gasteiger partial charge is 0.493 e. The summed E-state index contributed by atoms with van der Waals surface area (Å²) in [6.07, 6.45) is 0. The predicted molar refractivity (Wildman–Crippen MR) is 143 cm³/mol. The van der Waals surface area contributed by atoms with Gasteiger partial charge in [-0.3, -0.25) is 19.5 Å². The molecule has 4 rings (SSSR count). The molecule has 1 aliphatic rings. The molecule has 0 N–H and O–H groups in total. The first-order valence-electron chi connectivity index (χ1n) is 11.9. The number of hydrogen-bond acceptors (Lipinski definition) is 9. The maximum Gasteiger partial charge on any atom is 0.338 e. The van der Waals surface area contributed by atoms with Gasteiger partial charge in [0.25, 0.3) is 11.2 Å². The summed E-state index contributed by atoms with van der Waals surface area (Å²) < 4.78 is 18.5. The van der Waals surface area contributed by atoms with Crippen molar-refractivity contribution in [1.29, 1.82) is 0 Å². The molecule has 0 unspecified atom stereocenters. The molecular weight excluding hydrogens is 510 g/mol. The number of allylic oxidation sites excluding steroid dienone is 1. The van der Waals surface area contributed by atoms with Gasteiger partial charge in [0, 0.05) is 5.70 Å². The monoisotopic (exact) mass is 537 g/mol. The lowest BCUT2D eigenvalue weighted by atomic mass is 9.94. The van der Waals surface area contributed by atoms with E-state index in [4.69, 9.17) is 14.2 Å². The molecule has 0 aliphatic carbocycles. The number of nitro groups is 1. The number of nitro benzene ring substituents is 1. The summed E-state index contributed by atoms with van der Waals surface area (Å²) in [7, 11) is 1.43. The van der Waals surface area contributed by atoms with E-state index in [1.165, 1.54) is 35.1 Å². The summed E-state index contributed by atoms with van der Waals surface area (Å²) >= 11 is 1.17. The number of methoxy groups -OCH3 is 1. The summed E-state index contributed by atoms with van der Waals surface area (Å²) in [5, 5.41) is 12.2. The SMILES string of the molecule is CCOC(=O)C1=C(C)n2c(sc(=C(C)C)c2=O)=N[C@H]1c1cc(OC)c(OCc2ccccc2)cc1[N+](=O)[O-]. The van der Waals surface area contributed by atoms with Gasteiger partial charge in [-0.2, -0.15) is 0 Å². The van der Waals surface area contributed by atoms with Gasteiger partial charge in [-0.05, 0) is 39.3 Å². The molecule has 38 heavy (non-hydrogen) atoms. The second kappa shape index (κ2) is 11.0. The molecule has 1 aromatic heterocycles. The van der Waals surface area contributed by atoms with E-state index >= 15 is 0 Å². The van der Waals surface area contributed by atoms with E-state index in [0.717, 1.165) is 11.1 Å². The van der Waals surface area contributed by atoms with Crippen molar-refractivity contribution in [3.8, 4) is 11.5 Å². The molecular formula is C27H27N3O7S. The van der Waals surface area contributed by atoms with Crippen LogP contribution in [0.15, 0.2) is 57.8 Å². The van der Waals surface area contributed by atoms with E-state index in [1.807, 2.05) is 44.2 Å². The Morgan fingerprint density at radius 2 is 1.89 bits per heavy atom. The smallest absolute Gasteiger partial charge is 0.338 e. The van der Waals surface area contributed by atoms with E-state index in [1.54, 1.807) is 13.8 Å². The lowest BCUT2D eigenvalue weighted by Gasteiger charge is -2.23. The molecule has 198 valence electrons. The third-order valence-electron chi connectivity index (χ3n) is 6.01. The van der Waals surface area contributed by atoms with Crippen LogP contribution in [0.4, 0.5) is 5.69 Å². The molecule has 0 radical (unpaired) electrons. The highest BCUT2D eigenvalue weighted by Gasteiger charge is 2.36. The highest BCUT2D eigenvalue weighted by atomic mass is 32.1. The zero-order valence-electron chi connectivity index (χ0n) is 21.6. The molecule has 10 nitrogen and oxygen atoms in total. The van der Waals surface area contributed by atoms with Crippen molar-refractivity contribution in [2.45, 2.75) is 40.3 Å². The maximum absolute atomic E-state index is 13.1. The Kier molecular flexibility index (Phi) is 7.77. The van der Waals surface area contributed by atoms with Crippen LogP contribution in [0, 0.1) is 10.1 Å². The third-order valence-corrected chi connectivity index (χ3v) is 7.27. The highest BCUT2D eigenvalue weighted by Crippen LogP contribution is 2.43. The third kappa shape index (κ3) is 4.97. The van der Waals surface area contributed by atoms with Crippen molar-refractivity contribution in [2.75, 3.05) is 13.7 Å². The minimum absolute atomic E-state index is 0.0441. The summed E-state index contributed by atoms with van der Waals surface area (Å²) in [6, 6.07) is 11.0. The van der Waals surface area contributed by atoms with Crippen molar-refractivity contribution < 1.29 is 23.9 Å². The second-order valence-corrected chi connectivity index (χ2v) is 9.68. The molecule has 0 saturated heterocycles. The molecule has 1 aliphatic heterocycles. The lowest BCUT2D eigenvalue weighted by Crippen LogP contribution is -2.35. The quantitative estimate of drug-likeness (QED) is 0.244. The minimum Gasteiger partial charge on any atom is -0.493 e. The fourth-order valence-corrected chi connectivity index (χ4v) is 5.24. The number of aromatic nitrogens is 1. The van der Waals surface area contributed by atoms with Crippen LogP contribution >= 0.6 is 11.3 Å². The number of benzene rings is 2. The van der Waals surface area contributed by atoms with Crippen LogP contribution < -0.4 is 24.4 Å². The van der Waals surface area contributed by atoms with Gasteiger partial charge in [0.2, 0.25) is 0 Å². The Morgan fingerprint density at radius 3 is 2.50 bits per heavy atom. The van der Waals surface area contributed by atoms with Gasteiger partial charge >= 0.3 is 5.97 Å². The number of rotatable bonds is 8. The number of carbonyl (C=O) groups is 1. The second-order valence-electron chi connectivity index (χ2n) is 8.70. The van der Waals surface area contributed by atoms with Crippen LogP contribution in [-0.4, -0.2) is 29.2 Å². The molecule has 2 aromatic carbocycles. The number of fused-ring (bicyclic) bond motifs is 1. The Labute approximate surface area is 222 Å². The van der Waals surface area contributed by atoms with Gasteiger partial charge in [0.05, 0.1) is 40.4 Å². The summed E-state index contributed by atoms with van der Waals surface area (Å²) in [6.45, 7) is 7.14. The van der Waals surface area contributed by atoms with Crippen molar-refractivity contribution in [3.63, 3.8) is 0 Å². The van der Waals surface area contributed by atoms with Crippen LogP contribution in [0.3, 0.4) is 0 Å². The van der Waals surface area contributed by atoms with E-state index in [2.05, 4.69) is 4.99 Å². The Morgan fingerprint density at radius 1 is 1.18 bits per heavy atom. The number of nitrogens with zero attached hydrogens (tertiary/aromatic N) is 3. The van der Waals surface area contributed by atoms with Crippen LogP contribution in [0.2, 0.25) is 0 Å². The summed E-state index contributed by atoms with van der Waals surface area (Å²) in [5.41, 5.74) is 1.54. The standard InChI is InChI=1S/C27H27N3O7S/c1-6-36-26(32)22-16(4)29-25(31)24(15(2)3)38-27(29)28-23(22)18-12-20(35-5)21(13-19(18)30(33)34)37-14-17-10-8-7-9-11-17/h7-13,23H,6,14H2,1-5H3/t23-/m0/s1. The molecule has 1 atom stereocenters. The first-order chi connectivity index (χ1) is 18.2. The van der Waals surface area contributed by atoms with E-state index in [9.17, 15) is 19.7 Å². The molecule has 3 aromatic rings. The van der Waals surface area contributed by atoms with Gasteiger partial charge in [-0.25, -0.2) is 9.79 Å². The molecule has 0 amide bonds. The average Bonchev–Trinajstić information content (AvgIpc) is 3.24. The molecule has 0 fully saturated rings. The zero-order chi connectivity index (χ0) is 27.6.